The lowest BCUT2D eigenvalue weighted by atomic mass is 10.1. The number of nitrogens with zero attached hydrogens (tertiary/aromatic N) is 1. The fourth-order valence-corrected chi connectivity index (χ4v) is 4.25. The quantitative estimate of drug-likeness (QED) is 0.698. The summed E-state index contributed by atoms with van der Waals surface area (Å²) in [5.74, 6) is 0.972. The average Bonchev–Trinajstić information content (AvgIpc) is 2.91. The van der Waals surface area contributed by atoms with Crippen molar-refractivity contribution in [1.29, 1.82) is 0 Å². The molecule has 0 saturated carbocycles. The van der Waals surface area contributed by atoms with Crippen molar-refractivity contribution in [2.45, 2.75) is 25.4 Å². The van der Waals surface area contributed by atoms with Gasteiger partial charge in [-0.3, -0.25) is 9.10 Å². The van der Waals surface area contributed by atoms with Crippen LogP contribution in [0.1, 0.15) is 18.4 Å². The highest BCUT2D eigenvalue weighted by Crippen LogP contribution is 2.33. The first-order chi connectivity index (χ1) is 13.9. The lowest BCUT2D eigenvalue weighted by Crippen LogP contribution is -2.40. The molecule has 2 aromatic rings. The van der Waals surface area contributed by atoms with E-state index in [-0.39, 0.29) is 18.9 Å². The molecule has 1 amide bonds. The van der Waals surface area contributed by atoms with Gasteiger partial charge in [0.2, 0.25) is 10.0 Å². The molecule has 29 heavy (non-hydrogen) atoms. The maximum Gasteiger partial charge on any atom is 0.261 e. The monoisotopic (exact) mass is 418 g/mol. The molecular formula is C21H26N2O5S. The van der Waals surface area contributed by atoms with Crippen LogP contribution in [-0.4, -0.2) is 46.9 Å². The van der Waals surface area contributed by atoms with E-state index >= 15 is 0 Å². The number of rotatable bonds is 7. The van der Waals surface area contributed by atoms with Gasteiger partial charge in [-0.1, -0.05) is 24.3 Å². The fourth-order valence-electron chi connectivity index (χ4n) is 3.30. The van der Waals surface area contributed by atoms with Crippen molar-refractivity contribution in [2.24, 2.45) is 0 Å². The predicted molar refractivity (Wildman–Crippen MR) is 112 cm³/mol. The number of anilines is 1. The van der Waals surface area contributed by atoms with E-state index in [1.165, 1.54) is 4.31 Å². The van der Waals surface area contributed by atoms with Gasteiger partial charge in [-0.2, -0.15) is 0 Å². The first-order valence-electron chi connectivity index (χ1n) is 9.52. The normalized spacial score (nSPS) is 16.3. The molecule has 7 nitrogen and oxygen atoms in total. The lowest BCUT2D eigenvalue weighted by molar-refractivity contribution is -0.128. The van der Waals surface area contributed by atoms with Crippen molar-refractivity contribution in [1.82, 2.24) is 5.32 Å². The molecule has 0 fully saturated rings. The van der Waals surface area contributed by atoms with Crippen molar-refractivity contribution in [2.75, 3.05) is 30.8 Å². The second kappa shape index (κ2) is 9.17. The minimum atomic E-state index is -3.46. The smallest absolute Gasteiger partial charge is 0.261 e. The topological polar surface area (TPSA) is 84.9 Å². The van der Waals surface area contributed by atoms with Crippen molar-refractivity contribution < 1.29 is 22.7 Å². The minimum absolute atomic E-state index is 0.192. The van der Waals surface area contributed by atoms with E-state index in [4.69, 9.17) is 9.47 Å². The summed E-state index contributed by atoms with van der Waals surface area (Å²) >= 11 is 0. The number of carbonyl (C=O) groups is 1. The van der Waals surface area contributed by atoms with Gasteiger partial charge in [0, 0.05) is 19.5 Å². The third-order valence-electron chi connectivity index (χ3n) is 4.77. The molecule has 3 rings (SSSR count). The number of hydrogen-bond acceptors (Lipinski definition) is 5. The Balaban J connectivity index is 1.57. The summed E-state index contributed by atoms with van der Waals surface area (Å²) < 4.78 is 36.6. The summed E-state index contributed by atoms with van der Waals surface area (Å²) in [6.45, 7) is 0.699. The highest BCUT2D eigenvalue weighted by Gasteiger charge is 2.30. The summed E-state index contributed by atoms with van der Waals surface area (Å²) in [6, 6.07) is 14.7. The van der Waals surface area contributed by atoms with Crippen molar-refractivity contribution >= 4 is 21.6 Å². The molecule has 1 heterocycles. The van der Waals surface area contributed by atoms with Crippen LogP contribution < -0.4 is 19.1 Å². The Bertz CT molecular complexity index is 961. The van der Waals surface area contributed by atoms with Crippen LogP contribution in [0, 0.1) is 0 Å². The largest absolute Gasteiger partial charge is 0.497 e. The highest BCUT2D eigenvalue weighted by atomic mass is 32.2. The Morgan fingerprint density at radius 2 is 2.03 bits per heavy atom. The zero-order valence-electron chi connectivity index (χ0n) is 16.6. The highest BCUT2D eigenvalue weighted by molar-refractivity contribution is 7.92. The summed E-state index contributed by atoms with van der Waals surface area (Å²) in [5, 5.41) is 2.90. The number of amides is 1. The number of hydrogen-bond donors (Lipinski definition) is 1. The molecule has 0 bridgehead atoms. The maximum absolute atomic E-state index is 12.6. The molecule has 1 atom stereocenters. The third-order valence-corrected chi connectivity index (χ3v) is 5.95. The van der Waals surface area contributed by atoms with E-state index < -0.39 is 16.1 Å². The predicted octanol–water partition coefficient (Wildman–Crippen LogP) is 2.36. The summed E-state index contributed by atoms with van der Waals surface area (Å²) in [7, 11) is -1.82. The average molecular weight is 419 g/mol. The molecule has 0 saturated heterocycles. The molecule has 0 aliphatic carbocycles. The van der Waals surface area contributed by atoms with Crippen LogP contribution in [0.15, 0.2) is 48.5 Å². The Labute approximate surface area is 171 Å². The van der Waals surface area contributed by atoms with Gasteiger partial charge in [0.25, 0.3) is 5.91 Å². The fraction of sp³-hybridized carbons (Fsp3) is 0.381. The van der Waals surface area contributed by atoms with Gasteiger partial charge in [0.15, 0.2) is 6.10 Å². The molecule has 0 spiro atoms. The second-order valence-corrected chi connectivity index (χ2v) is 8.85. The number of sulfonamides is 1. The van der Waals surface area contributed by atoms with E-state index in [1.807, 2.05) is 24.3 Å². The van der Waals surface area contributed by atoms with E-state index in [9.17, 15) is 13.2 Å². The van der Waals surface area contributed by atoms with Crippen LogP contribution in [0.4, 0.5) is 5.69 Å². The minimum Gasteiger partial charge on any atom is -0.497 e. The molecular weight excluding hydrogens is 392 g/mol. The Hall–Kier alpha value is -2.74. The van der Waals surface area contributed by atoms with Crippen LogP contribution in [0.3, 0.4) is 0 Å². The van der Waals surface area contributed by atoms with Gasteiger partial charge < -0.3 is 14.8 Å². The number of para-hydroxylation sites is 2. The summed E-state index contributed by atoms with van der Waals surface area (Å²) in [4.78, 5) is 12.6. The van der Waals surface area contributed by atoms with Crippen molar-refractivity contribution in [3.63, 3.8) is 0 Å². The Kier molecular flexibility index (Phi) is 6.64. The number of benzene rings is 2. The van der Waals surface area contributed by atoms with E-state index in [0.717, 1.165) is 30.4 Å². The molecule has 1 aliphatic heterocycles. The molecule has 156 valence electrons. The van der Waals surface area contributed by atoms with Crippen molar-refractivity contribution in [3.8, 4) is 11.5 Å². The molecule has 2 aromatic carbocycles. The second-order valence-electron chi connectivity index (χ2n) is 6.94. The lowest BCUT2D eigenvalue weighted by Gasteiger charge is -2.20. The number of methoxy groups -OCH3 is 1. The number of nitrogens with one attached hydrogen (secondary N) is 1. The first kappa shape index (κ1) is 21.0. The molecule has 0 unspecified atom stereocenters. The standard InChI is InChI=1S/C21H26N2O5S/c1-27-17-9-5-7-16(15-17)8-6-13-22-21(24)20-12-14-23(29(2,25)26)18-10-3-4-11-19(18)28-20/h3-5,7,9-11,15,20H,6,8,12-14H2,1-2H3,(H,22,24)/t20-/m0/s1. The molecule has 8 heteroatoms. The number of ether oxygens (including phenoxy) is 2. The summed E-state index contributed by atoms with van der Waals surface area (Å²) in [5.41, 5.74) is 1.60. The Morgan fingerprint density at radius 3 is 2.79 bits per heavy atom. The van der Waals surface area contributed by atoms with Gasteiger partial charge in [-0.15, -0.1) is 0 Å². The van der Waals surface area contributed by atoms with Gasteiger partial charge in [-0.25, -0.2) is 8.42 Å². The third kappa shape index (κ3) is 5.41. The zero-order valence-corrected chi connectivity index (χ0v) is 17.4. The maximum atomic E-state index is 12.6. The van der Waals surface area contributed by atoms with E-state index in [0.29, 0.717) is 18.0 Å². The number of aryl methyl sites for hydroxylation is 1. The van der Waals surface area contributed by atoms with Crippen LogP contribution in [0.2, 0.25) is 0 Å². The van der Waals surface area contributed by atoms with Gasteiger partial charge in [0.1, 0.15) is 11.5 Å². The van der Waals surface area contributed by atoms with Gasteiger partial charge >= 0.3 is 0 Å². The van der Waals surface area contributed by atoms with E-state index in [1.54, 1.807) is 31.4 Å². The van der Waals surface area contributed by atoms with Crippen LogP contribution in [-0.2, 0) is 21.2 Å². The molecule has 1 aliphatic rings. The first-order valence-corrected chi connectivity index (χ1v) is 11.4. The summed E-state index contributed by atoms with van der Waals surface area (Å²) in [6.07, 6.45) is 2.29. The molecule has 0 aromatic heterocycles. The van der Waals surface area contributed by atoms with Gasteiger partial charge in [-0.05, 0) is 42.7 Å². The van der Waals surface area contributed by atoms with Crippen LogP contribution in [0.5, 0.6) is 11.5 Å². The van der Waals surface area contributed by atoms with E-state index in [2.05, 4.69) is 5.32 Å². The molecule has 0 radical (unpaired) electrons. The number of fused-ring (bicyclic) bond motifs is 1. The Morgan fingerprint density at radius 1 is 1.24 bits per heavy atom. The molecule has 1 N–H and O–H groups in total. The van der Waals surface area contributed by atoms with Crippen LogP contribution >= 0.6 is 0 Å². The van der Waals surface area contributed by atoms with Crippen molar-refractivity contribution in [3.05, 3.63) is 54.1 Å². The van der Waals surface area contributed by atoms with Crippen LogP contribution in [0.25, 0.3) is 0 Å². The SMILES string of the molecule is COc1cccc(CCCNC(=O)[C@@H]2CCN(S(C)(=O)=O)c3ccccc3O2)c1. The number of carbonyl (C=O) groups excluding carboxylic acids is 1. The van der Waals surface area contributed by atoms with Gasteiger partial charge in [0.05, 0.1) is 19.1 Å². The zero-order chi connectivity index (χ0) is 20.9.